The average molecular weight is 263 g/mol. The van der Waals surface area contributed by atoms with E-state index >= 15 is 0 Å². The third kappa shape index (κ3) is 2.91. The number of aromatic nitrogens is 2. The van der Waals surface area contributed by atoms with Crippen LogP contribution >= 0.6 is 0 Å². The number of aliphatic hydroxyl groups is 1. The van der Waals surface area contributed by atoms with Gasteiger partial charge in [-0.3, -0.25) is 0 Å². The van der Waals surface area contributed by atoms with Crippen molar-refractivity contribution in [2.45, 2.75) is 19.4 Å². The largest absolute Gasteiger partial charge is 0.496 e. The smallest absolute Gasteiger partial charge is 0.255 e. The summed E-state index contributed by atoms with van der Waals surface area (Å²) >= 11 is 0. The van der Waals surface area contributed by atoms with Gasteiger partial charge in [0.05, 0.1) is 12.7 Å². The predicted octanol–water partition coefficient (Wildman–Crippen LogP) is 1.44. The highest BCUT2D eigenvalue weighted by molar-refractivity contribution is 5.64. The lowest BCUT2D eigenvalue weighted by Gasteiger charge is -2.05. The fourth-order valence-corrected chi connectivity index (χ4v) is 1.74. The second kappa shape index (κ2) is 5.81. The van der Waals surface area contributed by atoms with Crippen LogP contribution in [0, 0.1) is 6.92 Å². The lowest BCUT2D eigenvalue weighted by atomic mass is 10.1. The third-order valence-electron chi connectivity index (χ3n) is 2.76. The maximum Gasteiger partial charge on any atom is 0.255 e. The SMILES string of the molecule is COc1cc(C)ccc1-c1noc([C@@H](O)CCN)n1. The number of hydrogen-bond donors (Lipinski definition) is 2. The van der Waals surface area contributed by atoms with Crippen molar-refractivity contribution in [1.29, 1.82) is 0 Å². The van der Waals surface area contributed by atoms with Crippen LogP contribution in [0.4, 0.5) is 0 Å². The van der Waals surface area contributed by atoms with Crippen LogP contribution in [0.1, 0.15) is 24.0 Å². The van der Waals surface area contributed by atoms with Crippen LogP contribution in [0.15, 0.2) is 22.7 Å². The molecule has 0 radical (unpaired) electrons. The maximum absolute atomic E-state index is 9.74. The Bertz CT molecular complexity index is 554. The third-order valence-corrected chi connectivity index (χ3v) is 2.76. The quantitative estimate of drug-likeness (QED) is 0.847. The first-order valence-electron chi connectivity index (χ1n) is 6.02. The van der Waals surface area contributed by atoms with Crippen molar-refractivity contribution in [3.8, 4) is 17.1 Å². The van der Waals surface area contributed by atoms with Gasteiger partial charge in [-0.1, -0.05) is 11.2 Å². The Morgan fingerprint density at radius 1 is 1.47 bits per heavy atom. The highest BCUT2D eigenvalue weighted by Gasteiger charge is 2.18. The van der Waals surface area contributed by atoms with E-state index in [2.05, 4.69) is 10.1 Å². The summed E-state index contributed by atoms with van der Waals surface area (Å²) in [6, 6.07) is 5.68. The molecule has 0 saturated carbocycles. The highest BCUT2D eigenvalue weighted by atomic mass is 16.5. The van der Waals surface area contributed by atoms with Gasteiger partial charge >= 0.3 is 0 Å². The zero-order valence-electron chi connectivity index (χ0n) is 11.0. The fourth-order valence-electron chi connectivity index (χ4n) is 1.74. The first-order valence-corrected chi connectivity index (χ1v) is 6.02. The zero-order valence-corrected chi connectivity index (χ0v) is 11.0. The Kier molecular flexibility index (Phi) is 4.13. The van der Waals surface area contributed by atoms with Crippen LogP contribution in [0.2, 0.25) is 0 Å². The molecule has 6 nitrogen and oxygen atoms in total. The lowest BCUT2D eigenvalue weighted by Crippen LogP contribution is -2.06. The number of benzene rings is 1. The van der Waals surface area contributed by atoms with Gasteiger partial charge in [-0.15, -0.1) is 0 Å². The monoisotopic (exact) mass is 263 g/mol. The van der Waals surface area contributed by atoms with E-state index in [-0.39, 0.29) is 5.89 Å². The first kappa shape index (κ1) is 13.5. The second-order valence-corrected chi connectivity index (χ2v) is 4.25. The molecule has 0 fully saturated rings. The molecule has 0 spiro atoms. The van der Waals surface area contributed by atoms with Crippen LogP contribution < -0.4 is 10.5 Å². The molecular formula is C13H17N3O3. The molecule has 0 aliphatic carbocycles. The molecule has 1 atom stereocenters. The fraction of sp³-hybridized carbons (Fsp3) is 0.385. The number of rotatable bonds is 5. The molecule has 1 heterocycles. The number of nitrogens with two attached hydrogens (primary N) is 1. The van der Waals surface area contributed by atoms with Crippen LogP contribution in [0.5, 0.6) is 5.75 Å². The number of hydrogen-bond acceptors (Lipinski definition) is 6. The minimum Gasteiger partial charge on any atom is -0.496 e. The molecule has 0 aliphatic heterocycles. The summed E-state index contributed by atoms with van der Waals surface area (Å²) in [5.74, 6) is 1.23. The number of methoxy groups -OCH3 is 1. The molecule has 6 heteroatoms. The van der Waals surface area contributed by atoms with Crippen molar-refractivity contribution in [1.82, 2.24) is 10.1 Å². The van der Waals surface area contributed by atoms with E-state index in [1.807, 2.05) is 25.1 Å². The molecule has 0 aliphatic rings. The Morgan fingerprint density at radius 3 is 2.95 bits per heavy atom. The Hall–Kier alpha value is -1.92. The molecule has 0 unspecified atom stereocenters. The normalized spacial score (nSPS) is 12.4. The average Bonchev–Trinajstić information content (AvgIpc) is 2.88. The van der Waals surface area contributed by atoms with Crippen molar-refractivity contribution >= 4 is 0 Å². The molecule has 3 N–H and O–H groups in total. The summed E-state index contributed by atoms with van der Waals surface area (Å²) in [7, 11) is 1.59. The van der Waals surface area contributed by atoms with Gasteiger partial charge in [-0.2, -0.15) is 4.98 Å². The highest BCUT2D eigenvalue weighted by Crippen LogP contribution is 2.29. The number of aliphatic hydroxyl groups excluding tert-OH is 1. The predicted molar refractivity (Wildman–Crippen MR) is 69.7 cm³/mol. The van der Waals surface area contributed by atoms with Gasteiger partial charge in [0.25, 0.3) is 5.89 Å². The topological polar surface area (TPSA) is 94.4 Å². The lowest BCUT2D eigenvalue weighted by molar-refractivity contribution is 0.127. The van der Waals surface area contributed by atoms with E-state index in [0.717, 1.165) is 11.1 Å². The molecule has 2 rings (SSSR count). The molecule has 19 heavy (non-hydrogen) atoms. The Labute approximate surface area is 111 Å². The van der Waals surface area contributed by atoms with Gasteiger partial charge < -0.3 is 20.1 Å². The van der Waals surface area contributed by atoms with E-state index < -0.39 is 6.10 Å². The van der Waals surface area contributed by atoms with Crippen molar-refractivity contribution < 1.29 is 14.4 Å². The number of aryl methyl sites for hydroxylation is 1. The minimum atomic E-state index is -0.831. The van der Waals surface area contributed by atoms with E-state index in [9.17, 15) is 5.11 Å². The van der Waals surface area contributed by atoms with Crippen molar-refractivity contribution in [3.05, 3.63) is 29.7 Å². The standard InChI is InChI=1S/C13H17N3O3/c1-8-3-4-9(11(7-8)18-2)12-15-13(19-16-12)10(17)5-6-14/h3-4,7,10,17H,5-6,14H2,1-2H3/t10-/m0/s1. The number of ether oxygens (including phenoxy) is 1. The van der Waals surface area contributed by atoms with Gasteiger partial charge in [0.15, 0.2) is 0 Å². The Morgan fingerprint density at radius 2 is 2.26 bits per heavy atom. The first-order chi connectivity index (χ1) is 9.15. The molecule has 1 aromatic carbocycles. The summed E-state index contributed by atoms with van der Waals surface area (Å²) < 4.78 is 10.3. The number of nitrogens with zero attached hydrogens (tertiary/aromatic N) is 2. The molecule has 1 aromatic heterocycles. The van der Waals surface area contributed by atoms with Crippen LogP contribution in [0.25, 0.3) is 11.4 Å². The summed E-state index contributed by atoms with van der Waals surface area (Å²) in [6.45, 7) is 2.33. The second-order valence-electron chi connectivity index (χ2n) is 4.25. The summed E-state index contributed by atoms with van der Waals surface area (Å²) in [5.41, 5.74) is 7.18. The maximum atomic E-state index is 9.74. The van der Waals surface area contributed by atoms with E-state index in [1.54, 1.807) is 7.11 Å². The molecule has 2 aromatic rings. The molecular weight excluding hydrogens is 246 g/mol. The van der Waals surface area contributed by atoms with Gasteiger partial charge in [0.1, 0.15) is 11.9 Å². The van der Waals surface area contributed by atoms with E-state index in [1.165, 1.54) is 0 Å². The molecule has 0 amide bonds. The van der Waals surface area contributed by atoms with Gasteiger partial charge in [0.2, 0.25) is 5.82 Å². The zero-order chi connectivity index (χ0) is 13.8. The summed E-state index contributed by atoms with van der Waals surface area (Å²) in [6.07, 6.45) is -0.449. The summed E-state index contributed by atoms with van der Waals surface area (Å²) in [4.78, 5) is 4.17. The van der Waals surface area contributed by atoms with Crippen molar-refractivity contribution in [2.75, 3.05) is 13.7 Å². The molecule has 0 saturated heterocycles. The molecule has 0 bridgehead atoms. The van der Waals surface area contributed by atoms with Crippen LogP contribution in [-0.4, -0.2) is 28.9 Å². The van der Waals surface area contributed by atoms with Gasteiger partial charge in [0, 0.05) is 0 Å². The van der Waals surface area contributed by atoms with Crippen molar-refractivity contribution in [3.63, 3.8) is 0 Å². The van der Waals surface area contributed by atoms with Crippen LogP contribution in [-0.2, 0) is 0 Å². The minimum absolute atomic E-state index is 0.170. The van der Waals surface area contributed by atoms with Crippen LogP contribution in [0.3, 0.4) is 0 Å². The van der Waals surface area contributed by atoms with Gasteiger partial charge in [-0.25, -0.2) is 0 Å². The van der Waals surface area contributed by atoms with Crippen molar-refractivity contribution in [2.24, 2.45) is 5.73 Å². The van der Waals surface area contributed by atoms with E-state index in [0.29, 0.717) is 24.5 Å². The molecule has 102 valence electrons. The van der Waals surface area contributed by atoms with E-state index in [4.69, 9.17) is 15.0 Å². The summed E-state index contributed by atoms with van der Waals surface area (Å²) in [5, 5.41) is 13.6. The van der Waals surface area contributed by atoms with Gasteiger partial charge in [-0.05, 0) is 37.6 Å². The Balaban J connectivity index is 2.32.